The Bertz CT molecular complexity index is 1030. The highest BCUT2D eigenvalue weighted by molar-refractivity contribution is 7.91. The number of hydrogen-bond donors (Lipinski definition) is 4. The van der Waals surface area contributed by atoms with Gasteiger partial charge in [0.05, 0.1) is 16.9 Å². The van der Waals surface area contributed by atoms with E-state index < -0.39 is 56.2 Å². The summed E-state index contributed by atoms with van der Waals surface area (Å²) in [6.07, 6.45) is 6.60. The molecular weight excluding hydrogens is 472 g/mol. The molecule has 196 valence electrons. The summed E-state index contributed by atoms with van der Waals surface area (Å²) in [5, 5.41) is 13.0. The summed E-state index contributed by atoms with van der Waals surface area (Å²) < 4.78 is 26.7. The molecule has 5 N–H and O–H groups in total. The molecule has 0 aromatic rings. The topological polar surface area (TPSA) is 159 Å². The molecule has 7 atom stereocenters. The van der Waals surface area contributed by atoms with Crippen molar-refractivity contribution < 1.29 is 27.9 Å². The first-order chi connectivity index (χ1) is 16.3. The molecule has 4 aliphatic rings. The SMILES string of the molecule is C[C@@H]1CCC=C[C@@H]2C[C@@]2(C(=O)NS(=O)(=O)C2(C)CC2)NC(=O)[C@@H]2C[C@@H](O)CN2C(=O)[C@@H](N)[C@H](C)C1. The van der Waals surface area contributed by atoms with Crippen LogP contribution in [0.5, 0.6) is 0 Å². The number of carbonyl (C=O) groups excluding carboxylic acids is 3. The third kappa shape index (κ3) is 4.99. The van der Waals surface area contributed by atoms with Gasteiger partial charge in [-0.2, -0.15) is 0 Å². The van der Waals surface area contributed by atoms with Crippen molar-refractivity contribution in [3.63, 3.8) is 0 Å². The van der Waals surface area contributed by atoms with Gasteiger partial charge in [0.2, 0.25) is 21.8 Å². The van der Waals surface area contributed by atoms with Crippen LogP contribution in [0.15, 0.2) is 12.2 Å². The van der Waals surface area contributed by atoms with Crippen molar-refractivity contribution in [1.82, 2.24) is 14.9 Å². The van der Waals surface area contributed by atoms with E-state index in [0.717, 1.165) is 19.3 Å². The number of nitrogens with zero attached hydrogens (tertiary/aromatic N) is 1. The van der Waals surface area contributed by atoms with Crippen LogP contribution < -0.4 is 15.8 Å². The fraction of sp³-hybridized carbons (Fsp3) is 0.792. The molecule has 2 aliphatic heterocycles. The summed E-state index contributed by atoms with van der Waals surface area (Å²) in [7, 11) is -3.88. The number of aliphatic hydroxyl groups excluding tert-OH is 1. The number of fused-ring (bicyclic) bond motifs is 2. The number of sulfonamides is 1. The van der Waals surface area contributed by atoms with Crippen LogP contribution in [0.4, 0.5) is 0 Å². The average molecular weight is 511 g/mol. The number of carbonyl (C=O) groups is 3. The normalized spacial score (nSPS) is 39.5. The molecule has 0 unspecified atom stereocenters. The van der Waals surface area contributed by atoms with Crippen LogP contribution in [0, 0.1) is 17.8 Å². The van der Waals surface area contributed by atoms with E-state index in [1.165, 1.54) is 4.90 Å². The number of allylic oxidation sites excluding steroid dienone is 1. The van der Waals surface area contributed by atoms with Crippen molar-refractivity contribution in [3.05, 3.63) is 12.2 Å². The van der Waals surface area contributed by atoms with Crippen LogP contribution in [0.1, 0.15) is 65.7 Å². The standard InChI is InChI=1S/C24H38N4O6S/c1-14-6-4-5-7-16-12-24(16,22(32)27-35(33,34)23(3)8-9-23)26-20(30)18-11-17(29)13-28(18)21(31)19(25)15(2)10-14/h5,7,14-19,29H,4,6,8-13,25H2,1-3H3,(H,26,30)(H,27,32)/t14-,15-,16-,17-,18+,19+,24-/m1/s1. The van der Waals surface area contributed by atoms with Crippen LogP contribution in [0.25, 0.3) is 0 Å². The van der Waals surface area contributed by atoms with E-state index in [-0.39, 0.29) is 31.2 Å². The Morgan fingerprint density at radius 3 is 2.60 bits per heavy atom. The van der Waals surface area contributed by atoms with E-state index in [2.05, 4.69) is 17.0 Å². The van der Waals surface area contributed by atoms with Crippen molar-refractivity contribution in [2.75, 3.05) is 6.54 Å². The number of rotatable bonds is 3. The Labute approximate surface area is 207 Å². The predicted octanol–water partition coefficient (Wildman–Crippen LogP) is 0.161. The van der Waals surface area contributed by atoms with E-state index in [9.17, 15) is 27.9 Å². The molecule has 1 saturated heterocycles. The second kappa shape index (κ2) is 9.15. The molecule has 2 aliphatic carbocycles. The molecule has 0 aromatic carbocycles. The molecule has 3 amide bonds. The smallest absolute Gasteiger partial charge is 0.259 e. The molecule has 11 heteroatoms. The van der Waals surface area contributed by atoms with E-state index in [4.69, 9.17) is 5.73 Å². The Kier molecular flexibility index (Phi) is 6.82. The minimum Gasteiger partial charge on any atom is -0.391 e. The van der Waals surface area contributed by atoms with Crippen molar-refractivity contribution in [1.29, 1.82) is 0 Å². The zero-order valence-corrected chi connectivity index (χ0v) is 21.5. The van der Waals surface area contributed by atoms with Crippen LogP contribution >= 0.6 is 0 Å². The Morgan fingerprint density at radius 1 is 1.26 bits per heavy atom. The summed E-state index contributed by atoms with van der Waals surface area (Å²) in [5.41, 5.74) is 4.88. The largest absolute Gasteiger partial charge is 0.391 e. The molecule has 35 heavy (non-hydrogen) atoms. The van der Waals surface area contributed by atoms with Gasteiger partial charge in [-0.3, -0.25) is 19.1 Å². The average Bonchev–Trinajstić information content (AvgIpc) is 3.66. The lowest BCUT2D eigenvalue weighted by atomic mass is 9.88. The van der Waals surface area contributed by atoms with Gasteiger partial charge in [0.15, 0.2) is 0 Å². The zero-order chi connectivity index (χ0) is 25.8. The van der Waals surface area contributed by atoms with Crippen LogP contribution in [0.2, 0.25) is 0 Å². The van der Waals surface area contributed by atoms with Crippen LogP contribution in [-0.2, 0) is 24.4 Å². The first kappa shape index (κ1) is 26.1. The van der Waals surface area contributed by atoms with Gasteiger partial charge in [0.1, 0.15) is 11.6 Å². The third-order valence-corrected chi connectivity index (χ3v) is 10.5. The van der Waals surface area contributed by atoms with Crippen LogP contribution in [-0.4, -0.2) is 71.2 Å². The van der Waals surface area contributed by atoms with Crippen LogP contribution in [0.3, 0.4) is 0 Å². The summed E-state index contributed by atoms with van der Waals surface area (Å²) in [4.78, 5) is 41.2. The molecule has 0 radical (unpaired) electrons. The zero-order valence-electron chi connectivity index (χ0n) is 20.7. The molecule has 0 spiro atoms. The first-order valence-electron chi connectivity index (χ1n) is 12.6. The number of nitrogens with one attached hydrogen (secondary N) is 2. The molecule has 2 saturated carbocycles. The lowest BCUT2D eigenvalue weighted by Gasteiger charge is -2.30. The monoisotopic (exact) mass is 510 g/mol. The highest BCUT2D eigenvalue weighted by Crippen LogP contribution is 2.47. The maximum atomic E-state index is 13.4. The number of aliphatic hydroxyl groups is 1. The van der Waals surface area contributed by atoms with Crippen molar-refractivity contribution >= 4 is 27.7 Å². The fourth-order valence-electron chi connectivity index (χ4n) is 5.35. The third-order valence-electron chi connectivity index (χ3n) is 8.33. The molecule has 4 rings (SSSR count). The molecule has 2 heterocycles. The summed E-state index contributed by atoms with van der Waals surface area (Å²) in [6.45, 7) is 5.60. The van der Waals surface area contributed by atoms with Gasteiger partial charge in [-0.25, -0.2) is 8.42 Å². The molecule has 0 aromatic heterocycles. The molecular formula is C24H38N4O6S. The van der Waals surface area contributed by atoms with Gasteiger partial charge in [0.25, 0.3) is 5.91 Å². The van der Waals surface area contributed by atoms with E-state index >= 15 is 0 Å². The second-order valence-corrected chi connectivity index (χ2v) is 13.6. The lowest BCUT2D eigenvalue weighted by molar-refractivity contribution is -0.141. The first-order valence-corrected chi connectivity index (χ1v) is 14.1. The van der Waals surface area contributed by atoms with E-state index in [1.807, 2.05) is 19.1 Å². The number of amides is 3. The maximum Gasteiger partial charge on any atom is 0.259 e. The van der Waals surface area contributed by atoms with E-state index in [0.29, 0.717) is 18.8 Å². The molecule has 0 bridgehead atoms. The van der Waals surface area contributed by atoms with E-state index in [1.54, 1.807) is 6.92 Å². The lowest BCUT2D eigenvalue weighted by Crippen LogP contribution is -2.58. The summed E-state index contributed by atoms with van der Waals surface area (Å²) >= 11 is 0. The van der Waals surface area contributed by atoms with Gasteiger partial charge >= 0.3 is 0 Å². The molecule has 3 fully saturated rings. The highest BCUT2D eigenvalue weighted by atomic mass is 32.2. The van der Waals surface area contributed by atoms with Gasteiger partial charge < -0.3 is 21.1 Å². The van der Waals surface area contributed by atoms with Crippen molar-refractivity contribution in [2.24, 2.45) is 23.5 Å². The van der Waals surface area contributed by atoms with Crippen molar-refractivity contribution in [3.8, 4) is 0 Å². The van der Waals surface area contributed by atoms with Gasteiger partial charge in [0, 0.05) is 18.9 Å². The predicted molar refractivity (Wildman–Crippen MR) is 129 cm³/mol. The quantitative estimate of drug-likeness (QED) is 0.394. The Hall–Kier alpha value is -1.98. The Balaban J connectivity index is 1.61. The molecule has 10 nitrogen and oxygen atoms in total. The Morgan fingerprint density at radius 2 is 1.94 bits per heavy atom. The minimum absolute atomic E-state index is 0.0118. The number of nitrogens with two attached hydrogens (primary N) is 1. The highest BCUT2D eigenvalue weighted by Gasteiger charge is 2.63. The fourth-order valence-corrected chi connectivity index (χ4v) is 6.66. The van der Waals surface area contributed by atoms with Crippen molar-refractivity contribution in [2.45, 2.75) is 94.2 Å². The number of hydrogen-bond acceptors (Lipinski definition) is 7. The van der Waals surface area contributed by atoms with Gasteiger partial charge in [-0.05, 0) is 57.3 Å². The second-order valence-electron chi connectivity index (χ2n) is 11.4. The van der Waals surface area contributed by atoms with Gasteiger partial charge in [-0.1, -0.05) is 26.0 Å². The maximum absolute atomic E-state index is 13.4. The summed E-state index contributed by atoms with van der Waals surface area (Å²) in [6, 6.07) is -1.79. The van der Waals surface area contributed by atoms with Gasteiger partial charge in [-0.15, -0.1) is 0 Å². The summed E-state index contributed by atoms with van der Waals surface area (Å²) in [5.74, 6) is -1.88. The minimum atomic E-state index is -3.88.